The summed E-state index contributed by atoms with van der Waals surface area (Å²) in [5.74, 6) is -0.583. The van der Waals surface area contributed by atoms with Gasteiger partial charge in [0.1, 0.15) is 0 Å². The van der Waals surface area contributed by atoms with Gasteiger partial charge in [0.05, 0.1) is 15.4 Å². The number of likely N-dealkylation sites (N-methyl/N-ethyl adjacent to an activating group) is 1. The van der Waals surface area contributed by atoms with Gasteiger partial charge in [-0.15, -0.1) is 0 Å². The van der Waals surface area contributed by atoms with E-state index in [0.717, 1.165) is 6.26 Å². The molecule has 1 heterocycles. The first-order valence-corrected chi connectivity index (χ1v) is 12.3. The zero-order valence-electron chi connectivity index (χ0n) is 16.2. The summed E-state index contributed by atoms with van der Waals surface area (Å²) < 4.78 is 50.7. The van der Waals surface area contributed by atoms with Gasteiger partial charge in [0.25, 0.3) is 5.91 Å². The first kappa shape index (κ1) is 21.4. The Balaban J connectivity index is 1.77. The highest BCUT2D eigenvalue weighted by atomic mass is 32.2. The molecule has 3 rings (SSSR count). The molecule has 1 amide bonds. The summed E-state index contributed by atoms with van der Waals surface area (Å²) in [7, 11) is -5.21. The number of hydrogen-bond acceptors (Lipinski definition) is 6. The number of carbonyl (C=O) groups excluding carboxylic acids is 1. The molecule has 0 atom stereocenters. The SMILES string of the molecule is CN1CCN(S(=O)(=O)c2ccc(NC(=O)c3ccccc3S(C)(=O)=O)cc2)CC1. The van der Waals surface area contributed by atoms with Gasteiger partial charge in [0.15, 0.2) is 9.84 Å². The molecule has 0 spiro atoms. The van der Waals surface area contributed by atoms with Gasteiger partial charge >= 0.3 is 0 Å². The smallest absolute Gasteiger partial charge is 0.256 e. The monoisotopic (exact) mass is 437 g/mol. The quantitative estimate of drug-likeness (QED) is 0.756. The van der Waals surface area contributed by atoms with Crippen LogP contribution in [0.1, 0.15) is 10.4 Å². The molecule has 29 heavy (non-hydrogen) atoms. The van der Waals surface area contributed by atoms with E-state index in [9.17, 15) is 21.6 Å². The van der Waals surface area contributed by atoms with Crippen LogP contribution in [0.5, 0.6) is 0 Å². The van der Waals surface area contributed by atoms with Crippen molar-refractivity contribution >= 4 is 31.5 Å². The van der Waals surface area contributed by atoms with E-state index in [1.165, 1.54) is 40.7 Å². The second kappa shape index (κ2) is 8.23. The second-order valence-electron chi connectivity index (χ2n) is 6.95. The number of anilines is 1. The number of rotatable bonds is 5. The van der Waals surface area contributed by atoms with Crippen LogP contribution in [0.2, 0.25) is 0 Å². The van der Waals surface area contributed by atoms with Crippen LogP contribution >= 0.6 is 0 Å². The number of sulfonamides is 1. The van der Waals surface area contributed by atoms with Crippen molar-refractivity contribution in [2.45, 2.75) is 9.79 Å². The fraction of sp³-hybridized carbons (Fsp3) is 0.316. The lowest BCUT2D eigenvalue weighted by atomic mass is 10.2. The van der Waals surface area contributed by atoms with Crippen LogP contribution in [-0.4, -0.2) is 71.4 Å². The summed E-state index contributed by atoms with van der Waals surface area (Å²) in [6.07, 6.45) is 1.04. The molecular weight excluding hydrogens is 414 g/mol. The molecule has 0 radical (unpaired) electrons. The van der Waals surface area contributed by atoms with E-state index in [1.807, 2.05) is 7.05 Å². The number of nitrogens with one attached hydrogen (secondary N) is 1. The van der Waals surface area contributed by atoms with E-state index < -0.39 is 25.8 Å². The molecule has 10 heteroatoms. The summed E-state index contributed by atoms with van der Waals surface area (Å²) in [4.78, 5) is 14.7. The first-order chi connectivity index (χ1) is 13.6. The number of piperazine rings is 1. The third-order valence-electron chi connectivity index (χ3n) is 4.74. The lowest BCUT2D eigenvalue weighted by Crippen LogP contribution is -2.46. The highest BCUT2D eigenvalue weighted by Crippen LogP contribution is 2.21. The Morgan fingerprint density at radius 2 is 1.48 bits per heavy atom. The predicted molar refractivity (Wildman–Crippen MR) is 110 cm³/mol. The van der Waals surface area contributed by atoms with Crippen molar-refractivity contribution in [1.82, 2.24) is 9.21 Å². The molecule has 1 aliphatic heterocycles. The Labute approximate surface area is 171 Å². The fourth-order valence-corrected chi connectivity index (χ4v) is 5.37. The van der Waals surface area contributed by atoms with Crippen LogP contribution in [0.3, 0.4) is 0 Å². The van der Waals surface area contributed by atoms with Crippen LogP contribution < -0.4 is 5.32 Å². The Bertz CT molecular complexity index is 1100. The molecule has 1 saturated heterocycles. The van der Waals surface area contributed by atoms with Gasteiger partial charge < -0.3 is 10.2 Å². The van der Waals surface area contributed by atoms with Crippen molar-refractivity contribution in [3.8, 4) is 0 Å². The van der Waals surface area contributed by atoms with Gasteiger partial charge in [-0.25, -0.2) is 16.8 Å². The van der Waals surface area contributed by atoms with Gasteiger partial charge in [-0.05, 0) is 43.4 Å². The first-order valence-electron chi connectivity index (χ1n) is 8.98. The number of amides is 1. The topological polar surface area (TPSA) is 104 Å². The van der Waals surface area contributed by atoms with Crippen molar-refractivity contribution in [3.63, 3.8) is 0 Å². The molecule has 156 valence electrons. The van der Waals surface area contributed by atoms with E-state index >= 15 is 0 Å². The Morgan fingerprint density at radius 1 is 0.897 bits per heavy atom. The minimum atomic E-state index is -3.59. The molecule has 0 bridgehead atoms. The zero-order valence-corrected chi connectivity index (χ0v) is 17.8. The second-order valence-corrected chi connectivity index (χ2v) is 10.9. The molecular formula is C19H23N3O5S2. The summed E-state index contributed by atoms with van der Waals surface area (Å²) in [6, 6.07) is 11.8. The van der Waals surface area contributed by atoms with Gasteiger partial charge in [0, 0.05) is 38.1 Å². The maximum Gasteiger partial charge on any atom is 0.256 e. The average Bonchev–Trinajstić information content (AvgIpc) is 2.68. The fourth-order valence-electron chi connectivity index (χ4n) is 3.06. The normalized spacial score (nSPS) is 16.5. The van der Waals surface area contributed by atoms with Crippen LogP contribution in [0.4, 0.5) is 5.69 Å². The highest BCUT2D eigenvalue weighted by Gasteiger charge is 2.27. The third kappa shape index (κ3) is 4.84. The minimum absolute atomic E-state index is 0.0316. The van der Waals surface area contributed by atoms with E-state index in [1.54, 1.807) is 12.1 Å². The summed E-state index contributed by atoms with van der Waals surface area (Å²) in [5, 5.41) is 2.62. The molecule has 1 fully saturated rings. The highest BCUT2D eigenvalue weighted by molar-refractivity contribution is 7.90. The van der Waals surface area contributed by atoms with Crippen LogP contribution in [0.25, 0.3) is 0 Å². The van der Waals surface area contributed by atoms with E-state index in [2.05, 4.69) is 10.2 Å². The average molecular weight is 438 g/mol. The Hall–Kier alpha value is -2.27. The summed E-state index contributed by atoms with van der Waals surface area (Å²) in [6.45, 7) is 2.21. The Kier molecular flexibility index (Phi) is 6.08. The number of sulfone groups is 1. The molecule has 0 saturated carbocycles. The molecule has 0 aromatic heterocycles. The van der Waals surface area contributed by atoms with E-state index in [0.29, 0.717) is 31.9 Å². The molecule has 1 N–H and O–H groups in total. The van der Waals surface area contributed by atoms with E-state index in [-0.39, 0.29) is 15.4 Å². The molecule has 2 aromatic carbocycles. The number of benzene rings is 2. The minimum Gasteiger partial charge on any atom is -0.322 e. The van der Waals surface area contributed by atoms with E-state index in [4.69, 9.17) is 0 Å². The van der Waals surface area contributed by atoms with Gasteiger partial charge in [-0.1, -0.05) is 12.1 Å². The molecule has 8 nitrogen and oxygen atoms in total. The summed E-state index contributed by atoms with van der Waals surface area (Å²) in [5.41, 5.74) is 0.403. The molecule has 1 aliphatic rings. The largest absolute Gasteiger partial charge is 0.322 e. The standard InChI is InChI=1S/C19H23N3O5S2/c1-21-11-13-22(14-12-21)29(26,27)16-9-7-15(8-10-16)20-19(23)17-5-3-4-6-18(17)28(2,24)25/h3-10H,11-14H2,1-2H3,(H,20,23). The number of nitrogens with zero attached hydrogens (tertiary/aromatic N) is 2. The van der Waals surface area contributed by atoms with Crippen LogP contribution in [0.15, 0.2) is 58.3 Å². The van der Waals surface area contributed by atoms with Crippen molar-refractivity contribution in [1.29, 1.82) is 0 Å². The zero-order chi connectivity index (χ0) is 21.2. The molecule has 0 aliphatic carbocycles. The number of carbonyl (C=O) groups is 1. The van der Waals surface area contributed by atoms with Gasteiger partial charge in [-0.3, -0.25) is 4.79 Å². The van der Waals surface area contributed by atoms with Crippen LogP contribution in [-0.2, 0) is 19.9 Å². The Morgan fingerprint density at radius 3 is 2.07 bits per heavy atom. The van der Waals surface area contributed by atoms with Gasteiger partial charge in [0.2, 0.25) is 10.0 Å². The maximum absolute atomic E-state index is 12.8. The third-order valence-corrected chi connectivity index (χ3v) is 7.81. The van der Waals surface area contributed by atoms with Crippen molar-refractivity contribution in [2.24, 2.45) is 0 Å². The lowest BCUT2D eigenvalue weighted by Gasteiger charge is -2.31. The predicted octanol–water partition coefficient (Wildman–Crippen LogP) is 1.28. The van der Waals surface area contributed by atoms with Gasteiger partial charge in [-0.2, -0.15) is 4.31 Å². The lowest BCUT2D eigenvalue weighted by molar-refractivity contribution is 0.102. The van der Waals surface area contributed by atoms with Crippen molar-refractivity contribution in [2.75, 3.05) is 44.8 Å². The maximum atomic E-state index is 12.8. The number of hydrogen-bond donors (Lipinski definition) is 1. The molecule has 2 aromatic rings. The van der Waals surface area contributed by atoms with Crippen molar-refractivity contribution < 1.29 is 21.6 Å². The van der Waals surface area contributed by atoms with Crippen LogP contribution in [0, 0.1) is 0 Å². The van der Waals surface area contributed by atoms with Crippen molar-refractivity contribution in [3.05, 3.63) is 54.1 Å². The molecule has 0 unspecified atom stereocenters. The summed E-state index contributed by atoms with van der Waals surface area (Å²) >= 11 is 0.